The van der Waals surface area contributed by atoms with E-state index in [0.717, 1.165) is 24.3 Å². The van der Waals surface area contributed by atoms with Crippen molar-refractivity contribution < 1.29 is 32.0 Å². The van der Waals surface area contributed by atoms with Gasteiger partial charge < -0.3 is 5.11 Å². The molecule has 2 aliphatic heterocycles. The van der Waals surface area contributed by atoms with E-state index in [0.29, 0.717) is 17.8 Å². The van der Waals surface area contributed by atoms with Gasteiger partial charge in [-0.2, -0.15) is 4.57 Å². The summed E-state index contributed by atoms with van der Waals surface area (Å²) in [5, 5.41) is 8.80. The zero-order valence-corrected chi connectivity index (χ0v) is 18.5. The average molecular weight is 461 g/mol. The summed E-state index contributed by atoms with van der Waals surface area (Å²) in [7, 11) is 0. The van der Waals surface area contributed by atoms with Gasteiger partial charge in [0.15, 0.2) is 11.9 Å². The number of hydrogen-bond donors (Lipinski definition) is 1. The number of hydrogen-bond acceptors (Lipinski definition) is 2. The maximum absolute atomic E-state index is 15.8. The molecular formula is C25H25F4N2O2+. The molecule has 0 spiro atoms. The van der Waals surface area contributed by atoms with E-state index in [1.807, 2.05) is 6.92 Å². The molecule has 1 N–H and O–H groups in total. The van der Waals surface area contributed by atoms with Crippen LogP contribution in [0, 0.1) is 11.6 Å². The Morgan fingerprint density at radius 1 is 1.27 bits per heavy atom. The summed E-state index contributed by atoms with van der Waals surface area (Å²) < 4.78 is 63.0. The lowest BCUT2D eigenvalue weighted by Crippen LogP contribution is -2.49. The van der Waals surface area contributed by atoms with Gasteiger partial charge in [0, 0.05) is 42.8 Å². The maximum Gasteiger partial charge on any atom is 0.328 e. The van der Waals surface area contributed by atoms with Crippen molar-refractivity contribution >= 4 is 17.7 Å². The molecule has 2 aromatic rings. The van der Waals surface area contributed by atoms with Gasteiger partial charge in [0.25, 0.3) is 0 Å². The molecule has 0 fully saturated rings. The third-order valence-electron chi connectivity index (χ3n) is 6.08. The molecule has 4 rings (SSSR count). The number of fused-ring (bicyclic) bond motifs is 2. The second kappa shape index (κ2) is 8.41. The highest BCUT2D eigenvalue weighted by molar-refractivity contribution is 5.85. The molecule has 3 unspecified atom stereocenters. The van der Waals surface area contributed by atoms with Gasteiger partial charge in [-0.1, -0.05) is 0 Å². The molecule has 33 heavy (non-hydrogen) atoms. The van der Waals surface area contributed by atoms with Crippen molar-refractivity contribution in [2.45, 2.75) is 51.1 Å². The summed E-state index contributed by atoms with van der Waals surface area (Å²) in [6.07, 6.45) is 2.36. The van der Waals surface area contributed by atoms with Crippen LogP contribution in [0.5, 0.6) is 0 Å². The van der Waals surface area contributed by atoms with Crippen molar-refractivity contribution in [1.29, 1.82) is 0 Å². The van der Waals surface area contributed by atoms with E-state index < -0.39 is 35.5 Å². The van der Waals surface area contributed by atoms with Crippen LogP contribution < -0.4 is 4.57 Å². The first-order valence-electron chi connectivity index (χ1n) is 10.7. The van der Waals surface area contributed by atoms with Gasteiger partial charge in [-0.15, -0.1) is 0 Å². The number of carbonyl (C=O) groups is 1. The van der Waals surface area contributed by atoms with Crippen molar-refractivity contribution in [2.24, 2.45) is 0 Å². The van der Waals surface area contributed by atoms with Gasteiger partial charge in [0.1, 0.15) is 17.3 Å². The number of aliphatic carboxylic acids is 1. The molecule has 0 saturated heterocycles. The van der Waals surface area contributed by atoms with E-state index in [1.54, 1.807) is 33.9 Å². The van der Waals surface area contributed by atoms with Crippen molar-refractivity contribution in [2.75, 3.05) is 6.54 Å². The molecule has 8 heteroatoms. The summed E-state index contributed by atoms with van der Waals surface area (Å²) in [6, 6.07) is 5.62. The Morgan fingerprint density at radius 3 is 2.55 bits per heavy atom. The van der Waals surface area contributed by atoms with Crippen LogP contribution >= 0.6 is 0 Å². The van der Waals surface area contributed by atoms with Crippen LogP contribution in [0.15, 0.2) is 48.2 Å². The molecule has 3 atom stereocenters. The number of nitrogens with zero attached hydrogens (tertiary/aromatic N) is 2. The molecule has 0 bridgehead atoms. The second-order valence-corrected chi connectivity index (χ2v) is 9.18. The molecule has 0 saturated carbocycles. The van der Waals surface area contributed by atoms with E-state index in [9.17, 15) is 9.18 Å². The number of aromatic nitrogens is 1. The SMILES string of the molecule is CC1CC2=C(C(F)c3cccc[n+]32)C(c2c(F)cc(/C=C/C(=O)O)cc2F)N1CC(C)(C)F. The predicted molar refractivity (Wildman–Crippen MR) is 115 cm³/mol. The Labute approximate surface area is 189 Å². The van der Waals surface area contributed by atoms with Crippen LogP contribution in [0.2, 0.25) is 0 Å². The number of carboxylic acids is 1. The minimum absolute atomic E-state index is 0.0208. The fourth-order valence-electron chi connectivity index (χ4n) is 4.83. The van der Waals surface area contributed by atoms with Crippen LogP contribution in [0.4, 0.5) is 17.6 Å². The summed E-state index contributed by atoms with van der Waals surface area (Å²) in [6.45, 7) is 4.43. The van der Waals surface area contributed by atoms with E-state index >= 15 is 13.2 Å². The van der Waals surface area contributed by atoms with E-state index in [2.05, 4.69) is 0 Å². The molecule has 1 aromatic heterocycles. The third-order valence-corrected chi connectivity index (χ3v) is 6.08. The molecule has 4 nitrogen and oxygen atoms in total. The van der Waals surface area contributed by atoms with E-state index in [4.69, 9.17) is 5.11 Å². The molecule has 1 aromatic carbocycles. The van der Waals surface area contributed by atoms with Gasteiger partial charge >= 0.3 is 5.97 Å². The van der Waals surface area contributed by atoms with Crippen LogP contribution in [0.25, 0.3) is 11.8 Å². The fourth-order valence-corrected chi connectivity index (χ4v) is 4.83. The van der Waals surface area contributed by atoms with Crippen molar-refractivity contribution in [3.05, 3.63) is 76.6 Å². The highest BCUT2D eigenvalue weighted by atomic mass is 19.1. The number of pyridine rings is 1. The van der Waals surface area contributed by atoms with Crippen molar-refractivity contribution in [3.63, 3.8) is 0 Å². The number of alkyl halides is 2. The molecule has 3 heterocycles. The first-order valence-corrected chi connectivity index (χ1v) is 10.7. The minimum Gasteiger partial charge on any atom is -0.478 e. The first kappa shape index (κ1) is 23.2. The highest BCUT2D eigenvalue weighted by Gasteiger charge is 2.51. The monoisotopic (exact) mass is 461 g/mol. The number of benzene rings is 1. The zero-order valence-electron chi connectivity index (χ0n) is 18.5. The maximum atomic E-state index is 15.8. The highest BCUT2D eigenvalue weighted by Crippen LogP contribution is 2.50. The lowest BCUT2D eigenvalue weighted by Gasteiger charge is -2.42. The van der Waals surface area contributed by atoms with Gasteiger partial charge in [-0.25, -0.2) is 22.4 Å². The van der Waals surface area contributed by atoms with Crippen LogP contribution in [0.3, 0.4) is 0 Å². The third kappa shape index (κ3) is 4.31. The number of halogens is 4. The quantitative estimate of drug-likeness (QED) is 0.380. The van der Waals surface area contributed by atoms with Crippen LogP contribution in [-0.2, 0) is 4.79 Å². The average Bonchev–Trinajstić information content (AvgIpc) is 2.99. The normalized spacial score (nSPS) is 23.2. The number of carboxylic acid groups (broad SMARTS) is 1. The summed E-state index contributed by atoms with van der Waals surface area (Å²) in [5.74, 6) is -3.14. The summed E-state index contributed by atoms with van der Waals surface area (Å²) in [5.41, 5.74) is -0.851. The molecular weight excluding hydrogens is 436 g/mol. The zero-order chi connectivity index (χ0) is 24.1. The topological polar surface area (TPSA) is 44.4 Å². The van der Waals surface area contributed by atoms with Gasteiger partial charge in [0.2, 0.25) is 11.9 Å². The van der Waals surface area contributed by atoms with Gasteiger partial charge in [-0.3, -0.25) is 4.90 Å². The largest absolute Gasteiger partial charge is 0.478 e. The Hall–Kier alpha value is -3.00. The predicted octanol–water partition coefficient (Wildman–Crippen LogP) is 5.17. The molecule has 2 aliphatic rings. The van der Waals surface area contributed by atoms with E-state index in [-0.39, 0.29) is 29.3 Å². The summed E-state index contributed by atoms with van der Waals surface area (Å²) in [4.78, 5) is 12.4. The lowest BCUT2D eigenvalue weighted by atomic mass is 9.85. The Bertz CT molecular complexity index is 1150. The number of rotatable bonds is 5. The lowest BCUT2D eigenvalue weighted by molar-refractivity contribution is -0.589. The minimum atomic E-state index is -1.69. The molecule has 0 aliphatic carbocycles. The van der Waals surface area contributed by atoms with Gasteiger partial charge in [0.05, 0.1) is 11.6 Å². The molecule has 0 amide bonds. The molecule has 174 valence electrons. The summed E-state index contributed by atoms with van der Waals surface area (Å²) >= 11 is 0. The fraction of sp³-hybridized carbons (Fsp3) is 0.360. The Morgan fingerprint density at radius 2 is 1.94 bits per heavy atom. The van der Waals surface area contributed by atoms with E-state index in [1.165, 1.54) is 13.8 Å². The van der Waals surface area contributed by atoms with Gasteiger partial charge in [-0.05, 0) is 50.6 Å². The second-order valence-electron chi connectivity index (χ2n) is 9.18. The van der Waals surface area contributed by atoms with Crippen molar-refractivity contribution in [1.82, 2.24) is 4.90 Å². The van der Waals surface area contributed by atoms with Crippen LogP contribution in [-0.4, -0.2) is 34.2 Å². The van der Waals surface area contributed by atoms with Crippen LogP contribution in [0.1, 0.15) is 56.2 Å². The standard InChI is InChI=1S/C25H24F4N2O2/c1-14-10-19-22(23(28)18-6-4-5-9-30(18)19)24(31(14)13-25(2,3)29)21-16(26)11-15(12-17(21)27)7-8-20(32)33/h4-9,11-12,14,23-24H,10,13H2,1-3H3/p+1/b8-7+. The first-order chi connectivity index (χ1) is 15.5. The Kier molecular flexibility index (Phi) is 5.90. The molecule has 0 radical (unpaired) electrons. The Balaban J connectivity index is 1.90. The van der Waals surface area contributed by atoms with Crippen molar-refractivity contribution in [3.8, 4) is 0 Å². The smallest absolute Gasteiger partial charge is 0.328 e.